The number of rotatable bonds is 4. The molecule has 2 heteroatoms. The number of hydrogen-bond acceptors (Lipinski definition) is 1. The van der Waals surface area contributed by atoms with Crippen molar-refractivity contribution in [2.75, 3.05) is 7.05 Å². The number of benzene rings is 2. The van der Waals surface area contributed by atoms with E-state index in [1.807, 2.05) is 0 Å². The first-order chi connectivity index (χ1) is 8.70. The van der Waals surface area contributed by atoms with E-state index in [4.69, 9.17) is 0 Å². The fourth-order valence-electron chi connectivity index (χ4n) is 1.78. The molecule has 1 nitrogen and oxygen atoms in total. The summed E-state index contributed by atoms with van der Waals surface area (Å²) in [4.78, 5) is 2.75. The van der Waals surface area contributed by atoms with Gasteiger partial charge in [-0.1, -0.05) is 36.4 Å². The molecule has 0 N–H and O–H groups in total. The predicted molar refractivity (Wildman–Crippen MR) is 79.7 cm³/mol. The Labute approximate surface area is 113 Å². The molecular weight excluding hydrogens is 238 g/mol. The summed E-state index contributed by atoms with van der Waals surface area (Å²) in [5, 5.41) is 0. The van der Waals surface area contributed by atoms with Crippen molar-refractivity contribution in [3.63, 3.8) is 0 Å². The van der Waals surface area contributed by atoms with E-state index in [1.54, 1.807) is 0 Å². The molecule has 94 valence electrons. The largest absolute Gasteiger partial charge is 0.182 e. The maximum atomic E-state index is 2.44. The normalized spacial score (nSPS) is 11.4. The van der Waals surface area contributed by atoms with Crippen molar-refractivity contribution in [2.45, 2.75) is 29.7 Å². The Bertz CT molecular complexity index is 427. The van der Waals surface area contributed by atoms with Gasteiger partial charge in [-0.15, -0.1) is 4.31 Å². The second-order valence-corrected chi connectivity index (χ2v) is 6.64. The lowest BCUT2D eigenvalue weighted by molar-refractivity contribution is 0.458. The Morgan fingerprint density at radius 2 is 1.17 bits per heavy atom. The van der Waals surface area contributed by atoms with Crippen LogP contribution in [0.15, 0.2) is 70.5 Å². The van der Waals surface area contributed by atoms with Gasteiger partial charge in [0.1, 0.15) is 0 Å². The zero-order valence-electron chi connectivity index (χ0n) is 11.2. The topological polar surface area (TPSA) is 3.24 Å². The zero-order chi connectivity index (χ0) is 13.0. The van der Waals surface area contributed by atoms with Crippen LogP contribution in [0.3, 0.4) is 0 Å². The molecule has 2 aromatic rings. The molecule has 0 unspecified atom stereocenters. The lowest BCUT2D eigenvalue weighted by Gasteiger charge is -2.20. The first-order valence-corrected chi connectivity index (χ1v) is 7.45. The third-order valence-corrected chi connectivity index (χ3v) is 5.38. The second kappa shape index (κ2) is 6.07. The van der Waals surface area contributed by atoms with Gasteiger partial charge in [0.25, 0.3) is 0 Å². The Hall–Kier alpha value is -1.25. The summed E-state index contributed by atoms with van der Waals surface area (Å²) in [6, 6.07) is 22.0. The van der Waals surface area contributed by atoms with Crippen LogP contribution in [-0.2, 0) is 11.1 Å². The van der Waals surface area contributed by atoms with Gasteiger partial charge in [0.2, 0.25) is 0 Å². The molecule has 0 fully saturated rings. The van der Waals surface area contributed by atoms with Gasteiger partial charge in [-0.2, -0.15) is 0 Å². The molecule has 0 spiro atoms. The van der Waals surface area contributed by atoms with Crippen LogP contribution in [0.25, 0.3) is 0 Å². The minimum atomic E-state index is 0.00722. The maximum absolute atomic E-state index is 2.44. The minimum Gasteiger partial charge on any atom is -0.117 e. The summed E-state index contributed by atoms with van der Waals surface area (Å²) >= 11 is 0.00722. The highest BCUT2D eigenvalue weighted by molar-refractivity contribution is 7.94. The van der Waals surface area contributed by atoms with E-state index in [1.165, 1.54) is 9.79 Å². The van der Waals surface area contributed by atoms with E-state index in [0.29, 0.717) is 6.04 Å². The molecular formula is C16H20NS+. The first-order valence-electron chi connectivity index (χ1n) is 6.27. The summed E-state index contributed by atoms with van der Waals surface area (Å²) in [7, 11) is 2.20. The summed E-state index contributed by atoms with van der Waals surface area (Å²) in [6.45, 7) is 4.48. The van der Waals surface area contributed by atoms with E-state index in [2.05, 4.69) is 85.9 Å². The molecule has 0 aliphatic heterocycles. The van der Waals surface area contributed by atoms with Crippen molar-refractivity contribution in [1.82, 2.24) is 4.31 Å². The van der Waals surface area contributed by atoms with Crippen LogP contribution in [0.4, 0.5) is 0 Å². The number of hydrogen-bond donors (Lipinski definition) is 0. The van der Waals surface area contributed by atoms with Crippen LogP contribution >= 0.6 is 0 Å². The molecule has 18 heavy (non-hydrogen) atoms. The van der Waals surface area contributed by atoms with Crippen molar-refractivity contribution in [3.05, 3.63) is 60.7 Å². The molecule has 0 bridgehead atoms. The van der Waals surface area contributed by atoms with Crippen LogP contribution in [-0.4, -0.2) is 17.4 Å². The highest BCUT2D eigenvalue weighted by atomic mass is 32.2. The zero-order valence-corrected chi connectivity index (χ0v) is 12.0. The third-order valence-electron chi connectivity index (χ3n) is 2.95. The van der Waals surface area contributed by atoms with Gasteiger partial charge < -0.3 is 0 Å². The third kappa shape index (κ3) is 2.95. The average molecular weight is 258 g/mol. The molecule has 0 atom stereocenters. The van der Waals surface area contributed by atoms with Gasteiger partial charge in [0.15, 0.2) is 20.9 Å². The van der Waals surface area contributed by atoms with Crippen LogP contribution < -0.4 is 0 Å². The quantitative estimate of drug-likeness (QED) is 0.750. The van der Waals surface area contributed by atoms with Gasteiger partial charge in [-0.05, 0) is 38.1 Å². The van der Waals surface area contributed by atoms with Crippen molar-refractivity contribution in [2.24, 2.45) is 0 Å². The highest BCUT2D eigenvalue weighted by Gasteiger charge is 2.32. The Kier molecular flexibility index (Phi) is 4.45. The van der Waals surface area contributed by atoms with Gasteiger partial charge in [0, 0.05) is 7.05 Å². The molecule has 0 aromatic heterocycles. The Morgan fingerprint density at radius 1 is 0.778 bits per heavy atom. The molecule has 0 amide bonds. The summed E-state index contributed by atoms with van der Waals surface area (Å²) in [5.74, 6) is 0. The van der Waals surface area contributed by atoms with Crippen LogP contribution in [0.1, 0.15) is 13.8 Å². The van der Waals surface area contributed by atoms with Crippen molar-refractivity contribution in [1.29, 1.82) is 0 Å². The molecule has 0 saturated heterocycles. The van der Waals surface area contributed by atoms with Crippen LogP contribution in [0.5, 0.6) is 0 Å². The summed E-state index contributed by atoms with van der Waals surface area (Å²) < 4.78 is 2.44. The highest BCUT2D eigenvalue weighted by Crippen LogP contribution is 2.27. The monoisotopic (exact) mass is 258 g/mol. The first kappa shape index (κ1) is 13.2. The molecule has 0 aliphatic carbocycles. The van der Waals surface area contributed by atoms with Crippen molar-refractivity contribution >= 4 is 11.1 Å². The molecule has 2 aromatic carbocycles. The van der Waals surface area contributed by atoms with E-state index >= 15 is 0 Å². The smallest absolute Gasteiger partial charge is 0.117 e. The molecule has 0 saturated carbocycles. The van der Waals surface area contributed by atoms with E-state index in [0.717, 1.165) is 0 Å². The maximum Gasteiger partial charge on any atom is 0.182 e. The van der Waals surface area contributed by atoms with Crippen LogP contribution in [0, 0.1) is 0 Å². The number of nitrogens with zero attached hydrogens (tertiary/aromatic N) is 1. The Morgan fingerprint density at radius 3 is 1.50 bits per heavy atom. The van der Waals surface area contributed by atoms with Gasteiger partial charge in [-0.25, -0.2) is 0 Å². The predicted octanol–water partition coefficient (Wildman–Crippen LogP) is 3.98. The fourth-order valence-corrected chi connectivity index (χ4v) is 3.97. The summed E-state index contributed by atoms with van der Waals surface area (Å²) in [5.41, 5.74) is 0. The molecule has 2 rings (SSSR count). The minimum absolute atomic E-state index is 0.00722. The molecule has 0 aliphatic rings. The fraction of sp³-hybridized carbons (Fsp3) is 0.250. The van der Waals surface area contributed by atoms with Gasteiger partial charge in [0.05, 0.1) is 6.04 Å². The Balaban J connectivity index is 2.42. The van der Waals surface area contributed by atoms with Gasteiger partial charge in [-0.3, -0.25) is 0 Å². The van der Waals surface area contributed by atoms with Crippen molar-refractivity contribution < 1.29 is 0 Å². The SMILES string of the molecule is CC(C)N(C)[S+](c1ccccc1)c1ccccc1. The van der Waals surface area contributed by atoms with Gasteiger partial charge >= 0.3 is 0 Å². The average Bonchev–Trinajstić information content (AvgIpc) is 2.41. The lowest BCUT2D eigenvalue weighted by Crippen LogP contribution is -2.33. The lowest BCUT2D eigenvalue weighted by atomic mass is 10.4. The van der Waals surface area contributed by atoms with Crippen LogP contribution in [0.2, 0.25) is 0 Å². The second-order valence-electron chi connectivity index (χ2n) is 4.55. The standard InChI is InChI=1S/C16H20NS/c1-14(2)17(3)18(15-10-6-4-7-11-15)16-12-8-5-9-13-16/h4-14H,1-3H3/q+1. The van der Waals surface area contributed by atoms with E-state index in [-0.39, 0.29) is 11.1 Å². The van der Waals surface area contributed by atoms with Crippen molar-refractivity contribution in [3.8, 4) is 0 Å². The summed E-state index contributed by atoms with van der Waals surface area (Å²) in [6.07, 6.45) is 0. The van der Waals surface area contributed by atoms with E-state index in [9.17, 15) is 0 Å². The molecule has 0 heterocycles. The molecule has 0 radical (unpaired) electrons. The van der Waals surface area contributed by atoms with E-state index < -0.39 is 0 Å².